The van der Waals surface area contributed by atoms with Crippen LogP contribution in [0.3, 0.4) is 0 Å². The smallest absolute Gasteiger partial charge is 0.416 e. The molecule has 0 saturated carbocycles. The summed E-state index contributed by atoms with van der Waals surface area (Å²) in [4.78, 5) is 10.8. The van der Waals surface area contributed by atoms with E-state index in [0.29, 0.717) is 12.1 Å². The predicted octanol–water partition coefficient (Wildman–Crippen LogP) is 2.98. The minimum atomic E-state index is -4.63. The lowest BCUT2D eigenvalue weighted by molar-refractivity contribution is -0.143. The number of nitrogens with one attached hydrogen (secondary N) is 1. The average molecular weight is 301 g/mol. The topological polar surface area (TPSA) is 49.3 Å². The SMILES string of the molecule is O=C(O)C(NCC(F)(F)F)c1ccc(C(F)(F)F)cc1. The van der Waals surface area contributed by atoms with Crippen LogP contribution >= 0.6 is 0 Å². The predicted molar refractivity (Wildman–Crippen MR) is 55.9 cm³/mol. The molecule has 0 amide bonds. The number of hydrogen-bond acceptors (Lipinski definition) is 2. The molecule has 0 aliphatic heterocycles. The van der Waals surface area contributed by atoms with E-state index in [4.69, 9.17) is 5.11 Å². The summed E-state index contributed by atoms with van der Waals surface area (Å²) < 4.78 is 72.9. The van der Waals surface area contributed by atoms with Crippen LogP contribution in [0.4, 0.5) is 26.3 Å². The molecule has 3 nitrogen and oxygen atoms in total. The van der Waals surface area contributed by atoms with Crippen LogP contribution in [-0.4, -0.2) is 23.8 Å². The van der Waals surface area contributed by atoms with Gasteiger partial charge < -0.3 is 5.11 Å². The molecule has 1 rings (SSSR count). The minimum absolute atomic E-state index is 0.199. The van der Waals surface area contributed by atoms with Crippen molar-refractivity contribution < 1.29 is 36.2 Å². The highest BCUT2D eigenvalue weighted by Crippen LogP contribution is 2.30. The van der Waals surface area contributed by atoms with Gasteiger partial charge in [0.2, 0.25) is 0 Å². The third kappa shape index (κ3) is 4.72. The van der Waals surface area contributed by atoms with Crippen LogP contribution in [0.2, 0.25) is 0 Å². The molecule has 2 N–H and O–H groups in total. The van der Waals surface area contributed by atoms with Crippen LogP contribution in [0, 0.1) is 0 Å². The van der Waals surface area contributed by atoms with Gasteiger partial charge in [-0.15, -0.1) is 0 Å². The van der Waals surface area contributed by atoms with E-state index in [1.807, 2.05) is 0 Å². The van der Waals surface area contributed by atoms with Gasteiger partial charge in [0.25, 0.3) is 0 Å². The van der Waals surface area contributed by atoms with Crippen molar-refractivity contribution in [2.24, 2.45) is 0 Å². The molecule has 0 saturated heterocycles. The first-order valence-electron chi connectivity index (χ1n) is 5.21. The highest BCUT2D eigenvalue weighted by atomic mass is 19.4. The second kappa shape index (κ2) is 5.70. The number of benzene rings is 1. The van der Waals surface area contributed by atoms with Crippen LogP contribution in [0.5, 0.6) is 0 Å². The second-order valence-electron chi connectivity index (χ2n) is 3.89. The lowest BCUT2D eigenvalue weighted by Crippen LogP contribution is -2.36. The largest absolute Gasteiger partial charge is 0.480 e. The van der Waals surface area contributed by atoms with E-state index in [2.05, 4.69) is 0 Å². The fourth-order valence-corrected chi connectivity index (χ4v) is 1.43. The molecule has 1 aromatic rings. The summed E-state index contributed by atoms with van der Waals surface area (Å²) in [5.74, 6) is -1.62. The highest BCUT2D eigenvalue weighted by Gasteiger charge is 2.32. The molecule has 1 aromatic carbocycles. The van der Waals surface area contributed by atoms with Gasteiger partial charge in [-0.3, -0.25) is 10.1 Å². The zero-order valence-corrected chi connectivity index (χ0v) is 9.72. The van der Waals surface area contributed by atoms with Gasteiger partial charge in [0, 0.05) is 0 Å². The maximum atomic E-state index is 12.3. The molecule has 0 aromatic heterocycles. The van der Waals surface area contributed by atoms with Crippen LogP contribution in [0.25, 0.3) is 0 Å². The number of carboxylic acids is 1. The Morgan fingerprint density at radius 2 is 1.60 bits per heavy atom. The molecule has 0 fully saturated rings. The zero-order chi connectivity index (χ0) is 15.6. The van der Waals surface area contributed by atoms with E-state index in [1.165, 1.54) is 0 Å². The third-order valence-corrected chi connectivity index (χ3v) is 2.32. The Morgan fingerprint density at radius 3 is 1.95 bits per heavy atom. The van der Waals surface area contributed by atoms with Gasteiger partial charge in [0.05, 0.1) is 12.1 Å². The van der Waals surface area contributed by atoms with Gasteiger partial charge in [0.1, 0.15) is 6.04 Å². The molecular formula is C11H9F6NO2. The Labute approximate surface area is 109 Å². The molecule has 20 heavy (non-hydrogen) atoms. The molecular weight excluding hydrogens is 292 g/mol. The maximum absolute atomic E-state index is 12.3. The summed E-state index contributed by atoms with van der Waals surface area (Å²) in [7, 11) is 0. The Kier molecular flexibility index (Phi) is 4.64. The summed E-state index contributed by atoms with van der Waals surface area (Å²) in [6.45, 7) is -1.56. The van der Waals surface area contributed by atoms with Gasteiger partial charge in [0.15, 0.2) is 0 Å². The van der Waals surface area contributed by atoms with Gasteiger partial charge in [-0.2, -0.15) is 26.3 Å². The van der Waals surface area contributed by atoms with Crippen molar-refractivity contribution in [1.82, 2.24) is 5.32 Å². The first-order chi connectivity index (χ1) is 9.00. The highest BCUT2D eigenvalue weighted by molar-refractivity contribution is 5.75. The molecule has 1 atom stereocenters. The summed E-state index contributed by atoms with van der Waals surface area (Å²) in [6, 6.07) is 1.13. The van der Waals surface area contributed by atoms with E-state index < -0.39 is 36.5 Å². The summed E-state index contributed by atoms with van der Waals surface area (Å²) >= 11 is 0. The van der Waals surface area contributed by atoms with Crippen molar-refractivity contribution in [3.05, 3.63) is 35.4 Å². The molecule has 1 unspecified atom stereocenters. The summed E-state index contributed by atoms with van der Waals surface area (Å²) in [5, 5.41) is 10.5. The van der Waals surface area contributed by atoms with Crippen LogP contribution in [0.1, 0.15) is 17.2 Å². The quantitative estimate of drug-likeness (QED) is 0.841. The molecule has 0 radical (unpaired) electrons. The van der Waals surface area contributed by atoms with Gasteiger partial charge in [-0.05, 0) is 17.7 Å². The van der Waals surface area contributed by atoms with Crippen LogP contribution < -0.4 is 5.32 Å². The van der Waals surface area contributed by atoms with Crippen LogP contribution in [0.15, 0.2) is 24.3 Å². The second-order valence-corrected chi connectivity index (χ2v) is 3.89. The third-order valence-electron chi connectivity index (χ3n) is 2.32. The Morgan fingerprint density at radius 1 is 1.10 bits per heavy atom. The first-order valence-corrected chi connectivity index (χ1v) is 5.21. The first kappa shape index (κ1) is 16.3. The number of aliphatic carboxylic acids is 1. The van der Waals surface area contributed by atoms with Crippen molar-refractivity contribution in [1.29, 1.82) is 0 Å². The van der Waals surface area contributed by atoms with Crippen molar-refractivity contribution in [2.45, 2.75) is 18.4 Å². The van der Waals surface area contributed by atoms with Crippen molar-refractivity contribution in [3.8, 4) is 0 Å². The lowest BCUT2D eigenvalue weighted by atomic mass is 10.0. The van der Waals surface area contributed by atoms with Gasteiger partial charge >= 0.3 is 18.3 Å². The molecule has 0 aliphatic carbocycles. The van der Waals surface area contributed by atoms with E-state index in [1.54, 1.807) is 5.32 Å². The fourth-order valence-electron chi connectivity index (χ4n) is 1.43. The normalized spacial score (nSPS) is 14.1. The molecule has 0 spiro atoms. The lowest BCUT2D eigenvalue weighted by Gasteiger charge is -2.17. The van der Waals surface area contributed by atoms with Gasteiger partial charge in [-0.25, -0.2) is 0 Å². The Bertz CT molecular complexity index is 465. The van der Waals surface area contributed by atoms with Crippen molar-refractivity contribution in [2.75, 3.05) is 6.54 Å². The average Bonchev–Trinajstić information content (AvgIpc) is 2.26. The number of alkyl halides is 6. The number of rotatable bonds is 4. The van der Waals surface area contributed by atoms with E-state index >= 15 is 0 Å². The minimum Gasteiger partial charge on any atom is -0.480 e. The van der Waals surface area contributed by atoms with Gasteiger partial charge in [-0.1, -0.05) is 12.1 Å². The molecule has 9 heteroatoms. The molecule has 0 heterocycles. The van der Waals surface area contributed by atoms with Crippen LogP contribution in [-0.2, 0) is 11.0 Å². The van der Waals surface area contributed by atoms with Crippen molar-refractivity contribution in [3.63, 3.8) is 0 Å². The number of halogens is 6. The number of carbonyl (C=O) groups is 1. The Hall–Kier alpha value is -1.77. The summed E-state index contributed by atoms with van der Waals surface area (Å²) in [6.07, 6.45) is -9.23. The fraction of sp³-hybridized carbons (Fsp3) is 0.364. The van der Waals surface area contributed by atoms with E-state index in [-0.39, 0.29) is 5.56 Å². The van der Waals surface area contributed by atoms with E-state index in [9.17, 15) is 31.1 Å². The maximum Gasteiger partial charge on any atom is 0.416 e. The molecule has 112 valence electrons. The number of carboxylic acid groups (broad SMARTS) is 1. The molecule has 0 bridgehead atoms. The standard InChI is InChI=1S/C11H9F6NO2/c12-10(13,14)5-18-8(9(19)20)6-1-3-7(4-2-6)11(15,16)17/h1-4,8,18H,5H2,(H,19,20). The zero-order valence-electron chi connectivity index (χ0n) is 9.72. The summed E-state index contributed by atoms with van der Waals surface area (Å²) in [5.41, 5.74) is -1.21. The van der Waals surface area contributed by atoms with Crippen molar-refractivity contribution >= 4 is 5.97 Å². The van der Waals surface area contributed by atoms with E-state index in [0.717, 1.165) is 12.1 Å². The monoisotopic (exact) mass is 301 g/mol. The Balaban J connectivity index is 2.91. The number of hydrogen-bond donors (Lipinski definition) is 2. The molecule has 0 aliphatic rings.